The second-order valence-electron chi connectivity index (χ2n) is 6.82. The number of anilines is 1. The van der Waals surface area contributed by atoms with Gasteiger partial charge in [-0.15, -0.1) is 0 Å². The zero-order chi connectivity index (χ0) is 22.5. The topological polar surface area (TPSA) is 88.8 Å². The van der Waals surface area contributed by atoms with E-state index < -0.39 is 18.0 Å². The number of nitrogens with one attached hydrogen (secondary N) is 1. The summed E-state index contributed by atoms with van der Waals surface area (Å²) >= 11 is 2.15. The number of aryl methyl sites for hydroxylation is 1. The molecule has 0 saturated carbocycles. The van der Waals surface area contributed by atoms with Crippen LogP contribution in [-0.2, 0) is 16.0 Å². The van der Waals surface area contributed by atoms with Crippen LogP contribution in [0.5, 0.6) is 0 Å². The van der Waals surface area contributed by atoms with Crippen molar-refractivity contribution < 1.29 is 18.7 Å². The molecule has 0 radical (unpaired) electrons. The van der Waals surface area contributed by atoms with Crippen LogP contribution >= 0.6 is 22.6 Å². The number of amides is 2. The molecule has 1 aliphatic heterocycles. The maximum absolute atomic E-state index is 14.9. The zero-order valence-corrected chi connectivity index (χ0v) is 19.6. The van der Waals surface area contributed by atoms with Crippen LogP contribution in [0.1, 0.15) is 27.1 Å². The van der Waals surface area contributed by atoms with Crippen molar-refractivity contribution in [1.82, 2.24) is 19.9 Å². The molecule has 172 valence electrons. The summed E-state index contributed by atoms with van der Waals surface area (Å²) in [6.07, 6.45) is 1.42. The molecule has 8 nitrogen and oxygen atoms in total. The third kappa shape index (κ3) is 5.53. The summed E-state index contributed by atoms with van der Waals surface area (Å²) in [7, 11) is 0. The van der Waals surface area contributed by atoms with Gasteiger partial charge in [-0.3, -0.25) is 9.69 Å². The Bertz CT molecular complexity index is 1100. The average molecular weight is 555 g/mol. The quantitative estimate of drug-likeness (QED) is 0.376. The summed E-state index contributed by atoms with van der Waals surface area (Å²) in [5.41, 5.74) is 2.12. The van der Waals surface area contributed by atoms with Gasteiger partial charge in [0.2, 0.25) is 5.91 Å². The monoisotopic (exact) mass is 555 g/mol. The number of hydrogen-bond donors (Lipinski definition) is 1. The van der Waals surface area contributed by atoms with Gasteiger partial charge in [0, 0.05) is 25.1 Å². The van der Waals surface area contributed by atoms with Crippen molar-refractivity contribution in [2.75, 3.05) is 22.9 Å². The molecule has 1 aromatic carbocycles. The Morgan fingerprint density at radius 2 is 2.06 bits per heavy atom. The van der Waals surface area contributed by atoms with Gasteiger partial charge in [0.25, 0.3) is 0 Å². The van der Waals surface area contributed by atoms with Crippen LogP contribution in [-0.4, -0.2) is 50.7 Å². The number of cyclic esters (lactones) is 1. The Kier molecular flexibility index (Phi) is 8.93. The van der Waals surface area contributed by atoms with Gasteiger partial charge < -0.3 is 10.1 Å². The predicted molar refractivity (Wildman–Crippen MR) is 131 cm³/mol. The van der Waals surface area contributed by atoms with Crippen LogP contribution < -0.4 is 10.2 Å². The van der Waals surface area contributed by atoms with E-state index in [4.69, 9.17) is 4.74 Å². The van der Waals surface area contributed by atoms with Gasteiger partial charge >= 0.3 is 6.09 Å². The van der Waals surface area contributed by atoms with E-state index in [9.17, 15) is 14.0 Å². The highest BCUT2D eigenvalue weighted by Gasteiger charge is 2.32. The van der Waals surface area contributed by atoms with Gasteiger partial charge in [0.05, 0.1) is 18.8 Å². The number of ether oxygens (including phenoxy) is 1. The summed E-state index contributed by atoms with van der Waals surface area (Å²) < 4.78 is 21.7. The van der Waals surface area contributed by atoms with E-state index in [-0.39, 0.29) is 26.4 Å². The molecule has 1 N–H and O–H groups in total. The van der Waals surface area contributed by atoms with Crippen LogP contribution in [0.25, 0.3) is 16.8 Å². The van der Waals surface area contributed by atoms with Gasteiger partial charge in [-0.25, -0.2) is 18.7 Å². The normalized spacial score (nSPS) is 15.0. The standard InChI is InChI=1S/C20H20FN5O3.CH3I.CH4/c1-3-18-23-19-8-13(6-7-26(19)24-18)16-5-4-14(9-17(16)21)25-11-15(29-20(25)28)10-22-12(2)27;1-2;/h4-9,15H,3,10-11H2,1-2H3,(H,22,27);1H3;1H4/t15-;;/m0../s1. The summed E-state index contributed by atoms with van der Waals surface area (Å²) in [5.74, 6) is 0.0603. The fraction of sp³-hybridized carbons (Fsp3) is 0.364. The maximum atomic E-state index is 14.9. The lowest BCUT2D eigenvalue weighted by atomic mass is 10.1. The summed E-state index contributed by atoms with van der Waals surface area (Å²) in [5, 5.41) is 6.94. The number of hydrogen-bond acceptors (Lipinski definition) is 5. The molecule has 1 atom stereocenters. The molecule has 0 spiro atoms. The number of rotatable bonds is 5. The van der Waals surface area contributed by atoms with Gasteiger partial charge in [0.1, 0.15) is 11.9 Å². The number of alkyl halides is 1. The Morgan fingerprint density at radius 1 is 1.31 bits per heavy atom. The molecule has 0 unspecified atom stereocenters. The van der Waals surface area contributed by atoms with E-state index in [2.05, 4.69) is 38.0 Å². The summed E-state index contributed by atoms with van der Waals surface area (Å²) in [4.78, 5) is 30.9. The van der Waals surface area contributed by atoms with E-state index in [1.54, 1.807) is 35.0 Å². The molecular formula is C22H27FIN5O3. The van der Waals surface area contributed by atoms with Crippen molar-refractivity contribution in [3.05, 3.63) is 48.2 Å². The molecule has 0 aliphatic carbocycles. The molecule has 2 aromatic heterocycles. The maximum Gasteiger partial charge on any atom is 0.414 e. The summed E-state index contributed by atoms with van der Waals surface area (Å²) in [6, 6.07) is 8.15. The number of halogens is 2. The molecule has 0 bridgehead atoms. The fourth-order valence-corrected chi connectivity index (χ4v) is 3.25. The number of nitrogens with zero attached hydrogens (tertiary/aromatic N) is 4. The largest absolute Gasteiger partial charge is 0.442 e. The molecule has 4 rings (SSSR count). The first-order valence-corrected chi connectivity index (χ1v) is 11.9. The van der Waals surface area contributed by atoms with Gasteiger partial charge in [0.15, 0.2) is 11.5 Å². The van der Waals surface area contributed by atoms with Crippen LogP contribution in [0.15, 0.2) is 36.5 Å². The Hall–Kier alpha value is -2.76. The second-order valence-corrected chi connectivity index (χ2v) is 6.82. The molecule has 1 aliphatic rings. The lowest BCUT2D eigenvalue weighted by Crippen LogP contribution is -2.33. The van der Waals surface area contributed by atoms with E-state index in [0.717, 1.165) is 12.2 Å². The van der Waals surface area contributed by atoms with Gasteiger partial charge in [-0.2, -0.15) is 5.10 Å². The van der Waals surface area contributed by atoms with Crippen molar-refractivity contribution >= 4 is 45.9 Å². The van der Waals surface area contributed by atoms with Crippen LogP contribution in [0, 0.1) is 5.82 Å². The summed E-state index contributed by atoms with van der Waals surface area (Å²) in [6.45, 7) is 3.82. The van der Waals surface area contributed by atoms with Crippen LogP contribution in [0.4, 0.5) is 14.9 Å². The van der Waals surface area contributed by atoms with Crippen molar-refractivity contribution in [3.8, 4) is 11.1 Å². The highest BCUT2D eigenvalue weighted by atomic mass is 127. The first kappa shape index (κ1) is 25.5. The highest BCUT2D eigenvalue weighted by Crippen LogP contribution is 2.29. The van der Waals surface area contributed by atoms with E-state index in [0.29, 0.717) is 22.5 Å². The fourth-order valence-electron chi connectivity index (χ4n) is 3.25. The Balaban J connectivity index is 0.00000118. The average Bonchev–Trinajstić information content (AvgIpc) is 3.35. The lowest BCUT2D eigenvalue weighted by Gasteiger charge is -2.14. The number of fused-ring (bicyclic) bond motifs is 1. The zero-order valence-electron chi connectivity index (χ0n) is 17.4. The van der Waals surface area contributed by atoms with E-state index in [1.165, 1.54) is 17.9 Å². The lowest BCUT2D eigenvalue weighted by molar-refractivity contribution is -0.119. The molecule has 2 amide bonds. The van der Waals surface area contributed by atoms with Crippen molar-refractivity contribution in [2.45, 2.75) is 33.8 Å². The highest BCUT2D eigenvalue weighted by molar-refractivity contribution is 14.1. The molecule has 1 saturated heterocycles. The predicted octanol–water partition coefficient (Wildman–Crippen LogP) is 4.25. The van der Waals surface area contributed by atoms with E-state index >= 15 is 0 Å². The molecule has 3 aromatic rings. The smallest absolute Gasteiger partial charge is 0.414 e. The molecule has 1 fully saturated rings. The Morgan fingerprint density at radius 3 is 2.72 bits per heavy atom. The minimum Gasteiger partial charge on any atom is -0.442 e. The third-order valence-corrected chi connectivity index (χ3v) is 4.73. The van der Waals surface area contributed by atoms with Crippen LogP contribution in [0.2, 0.25) is 0 Å². The number of aromatic nitrogens is 3. The minimum absolute atomic E-state index is 0. The first-order chi connectivity index (χ1) is 14.9. The number of benzene rings is 1. The number of carbonyl (C=O) groups excluding carboxylic acids is 2. The van der Waals surface area contributed by atoms with Crippen LogP contribution in [0.3, 0.4) is 0 Å². The number of carbonyl (C=O) groups is 2. The van der Waals surface area contributed by atoms with Gasteiger partial charge in [-0.05, 0) is 40.8 Å². The second kappa shape index (κ2) is 11.2. The minimum atomic E-state index is -0.565. The Labute approximate surface area is 200 Å². The van der Waals surface area contributed by atoms with Crippen molar-refractivity contribution in [2.24, 2.45) is 0 Å². The SMILES string of the molecule is C.CCc1nc2cc(-c3ccc(N4C[C@H](CNC(C)=O)OC4=O)cc3F)ccn2n1.CI. The number of pyridine rings is 1. The molecular weight excluding hydrogens is 528 g/mol. The van der Waals surface area contributed by atoms with E-state index in [1.807, 2.05) is 11.9 Å². The first-order valence-electron chi connectivity index (χ1n) is 9.70. The van der Waals surface area contributed by atoms with Gasteiger partial charge in [-0.1, -0.05) is 36.9 Å². The molecule has 32 heavy (non-hydrogen) atoms. The van der Waals surface area contributed by atoms with Crippen molar-refractivity contribution in [1.29, 1.82) is 0 Å². The third-order valence-electron chi connectivity index (χ3n) is 4.73. The van der Waals surface area contributed by atoms with Crippen molar-refractivity contribution in [3.63, 3.8) is 0 Å². The molecule has 3 heterocycles. The molecule has 10 heteroatoms.